The highest BCUT2D eigenvalue weighted by Crippen LogP contribution is 2.46. The van der Waals surface area contributed by atoms with Crippen molar-refractivity contribution in [2.24, 2.45) is 0 Å². The van der Waals surface area contributed by atoms with Crippen molar-refractivity contribution in [1.82, 2.24) is 0 Å². The first-order valence-corrected chi connectivity index (χ1v) is 10.8. The second-order valence-corrected chi connectivity index (χ2v) is 8.78. The molecule has 3 rings (SSSR count). The lowest BCUT2D eigenvalue weighted by molar-refractivity contribution is 0.381. The normalized spacial score (nSPS) is 12.2. The highest BCUT2D eigenvalue weighted by atomic mass is 31.2. The van der Waals surface area contributed by atoms with E-state index in [1.807, 2.05) is 0 Å². The van der Waals surface area contributed by atoms with E-state index in [1.54, 1.807) is 60.7 Å². The molecule has 0 atom stereocenters. The molecule has 0 spiro atoms. The van der Waals surface area contributed by atoms with Gasteiger partial charge in [-0.3, -0.25) is 9.13 Å². The average molecular weight is 390 g/mol. The summed E-state index contributed by atoms with van der Waals surface area (Å²) in [5.74, 6) is 0. The molecule has 3 aromatic carbocycles. The number of hydrogen-bond donors (Lipinski definition) is 4. The van der Waals surface area contributed by atoms with Crippen molar-refractivity contribution in [3.8, 4) is 22.3 Å². The average Bonchev–Trinajstić information content (AvgIpc) is 2.60. The second kappa shape index (κ2) is 6.93. The van der Waals surface area contributed by atoms with Crippen molar-refractivity contribution in [3.63, 3.8) is 0 Å². The van der Waals surface area contributed by atoms with Gasteiger partial charge in [-0.05, 0) is 22.8 Å². The largest absolute Gasteiger partial charge is 0.357 e. The van der Waals surface area contributed by atoms with E-state index in [9.17, 15) is 28.7 Å². The lowest BCUT2D eigenvalue weighted by Gasteiger charge is -2.20. The van der Waals surface area contributed by atoms with Crippen LogP contribution in [0.15, 0.2) is 72.8 Å². The first-order valence-electron chi connectivity index (χ1n) is 7.59. The zero-order chi connectivity index (χ0) is 18.9. The van der Waals surface area contributed by atoms with Gasteiger partial charge in [-0.15, -0.1) is 0 Å². The van der Waals surface area contributed by atoms with Crippen LogP contribution >= 0.6 is 15.2 Å². The Labute approximate surface area is 150 Å². The van der Waals surface area contributed by atoms with Crippen LogP contribution < -0.4 is 10.6 Å². The molecule has 134 valence electrons. The Morgan fingerprint density at radius 3 is 1.54 bits per heavy atom. The van der Waals surface area contributed by atoms with Crippen LogP contribution in [0, 0.1) is 0 Å². The maximum atomic E-state index is 12.2. The molecule has 0 radical (unpaired) electrons. The Kier molecular flexibility index (Phi) is 5.00. The molecule has 0 aliphatic carbocycles. The molecule has 0 amide bonds. The third-order valence-electron chi connectivity index (χ3n) is 3.91. The smallest absolute Gasteiger partial charge is 0.321 e. The first kappa shape index (κ1) is 18.7. The van der Waals surface area contributed by atoms with Gasteiger partial charge in [0.15, 0.2) is 0 Å². The van der Waals surface area contributed by atoms with Gasteiger partial charge in [0.1, 0.15) is 0 Å². The molecule has 6 nitrogen and oxygen atoms in total. The van der Waals surface area contributed by atoms with Crippen molar-refractivity contribution in [1.29, 1.82) is 0 Å². The summed E-state index contributed by atoms with van der Waals surface area (Å²) < 4.78 is 24.1. The predicted octanol–water partition coefficient (Wildman–Crippen LogP) is 2.63. The van der Waals surface area contributed by atoms with Crippen LogP contribution in [0.2, 0.25) is 0 Å². The predicted molar refractivity (Wildman–Crippen MR) is 101 cm³/mol. The van der Waals surface area contributed by atoms with Crippen LogP contribution in [-0.4, -0.2) is 19.6 Å². The molecule has 0 aliphatic rings. The van der Waals surface area contributed by atoms with Crippen LogP contribution in [0.25, 0.3) is 22.3 Å². The Morgan fingerprint density at radius 1 is 0.577 bits per heavy atom. The van der Waals surface area contributed by atoms with E-state index in [1.165, 1.54) is 6.07 Å². The highest BCUT2D eigenvalue weighted by molar-refractivity contribution is 7.67. The summed E-state index contributed by atoms with van der Waals surface area (Å²) in [6, 6.07) is 19.9. The number of rotatable bonds is 4. The van der Waals surface area contributed by atoms with Crippen LogP contribution in [-0.2, 0) is 9.13 Å². The van der Waals surface area contributed by atoms with Crippen molar-refractivity contribution >= 4 is 25.8 Å². The standard InChI is InChI=1S/C18H16O6P2/c19-25(20,21)16-12-11-15(13-7-3-1-4-8-13)17(18(16)26(22,23)24)14-9-5-2-6-10-14/h1-12H,(H2,19,20,21)(H2,22,23,24). The van der Waals surface area contributed by atoms with Crippen molar-refractivity contribution in [2.75, 3.05) is 0 Å². The molecule has 0 saturated heterocycles. The first-order chi connectivity index (χ1) is 12.2. The molecule has 0 fully saturated rings. The summed E-state index contributed by atoms with van der Waals surface area (Å²) in [6.45, 7) is 0. The van der Waals surface area contributed by atoms with E-state index in [-0.39, 0.29) is 5.56 Å². The molecule has 0 aliphatic heterocycles. The minimum absolute atomic E-state index is 0.117. The van der Waals surface area contributed by atoms with Gasteiger partial charge < -0.3 is 19.6 Å². The Bertz CT molecular complexity index is 1020. The van der Waals surface area contributed by atoms with Gasteiger partial charge in [-0.25, -0.2) is 0 Å². The molecule has 0 bridgehead atoms. The molecule has 4 N–H and O–H groups in total. The van der Waals surface area contributed by atoms with E-state index in [0.29, 0.717) is 16.7 Å². The zero-order valence-electron chi connectivity index (χ0n) is 13.4. The monoisotopic (exact) mass is 390 g/mol. The molecule has 26 heavy (non-hydrogen) atoms. The third kappa shape index (κ3) is 3.71. The fourth-order valence-electron chi connectivity index (χ4n) is 2.87. The van der Waals surface area contributed by atoms with Gasteiger partial charge in [0.05, 0.1) is 10.6 Å². The fraction of sp³-hybridized carbons (Fsp3) is 0. The second-order valence-electron chi connectivity index (χ2n) is 5.68. The van der Waals surface area contributed by atoms with E-state index in [0.717, 1.165) is 6.07 Å². The molecule has 0 aromatic heterocycles. The van der Waals surface area contributed by atoms with E-state index in [4.69, 9.17) is 0 Å². The quantitative estimate of drug-likeness (QED) is 0.509. The summed E-state index contributed by atoms with van der Waals surface area (Å²) in [5, 5.41) is -1.30. The molecule has 0 saturated carbocycles. The van der Waals surface area contributed by atoms with Gasteiger partial charge in [-0.1, -0.05) is 66.7 Å². The maximum absolute atomic E-state index is 12.2. The van der Waals surface area contributed by atoms with E-state index >= 15 is 0 Å². The van der Waals surface area contributed by atoms with Crippen LogP contribution in [0.4, 0.5) is 0 Å². The lowest BCUT2D eigenvalue weighted by atomic mass is 9.94. The third-order valence-corrected chi connectivity index (χ3v) is 6.13. The van der Waals surface area contributed by atoms with Gasteiger partial charge in [0, 0.05) is 5.56 Å². The lowest BCUT2D eigenvalue weighted by Crippen LogP contribution is -2.27. The Balaban J connectivity index is 2.50. The summed E-state index contributed by atoms with van der Waals surface area (Å²) in [7, 11) is -9.90. The highest BCUT2D eigenvalue weighted by Gasteiger charge is 2.35. The van der Waals surface area contributed by atoms with Gasteiger partial charge in [0.25, 0.3) is 0 Å². The maximum Gasteiger partial charge on any atom is 0.357 e. The van der Waals surface area contributed by atoms with Crippen LogP contribution in [0.1, 0.15) is 0 Å². The van der Waals surface area contributed by atoms with Crippen molar-refractivity contribution < 1.29 is 28.7 Å². The van der Waals surface area contributed by atoms with Crippen molar-refractivity contribution in [3.05, 3.63) is 72.8 Å². The SMILES string of the molecule is O=P(O)(O)c1ccc(-c2ccccc2)c(-c2ccccc2)c1P(=O)(O)O. The fourth-order valence-corrected chi connectivity index (χ4v) is 5.22. The molecule has 3 aromatic rings. The van der Waals surface area contributed by atoms with Crippen LogP contribution in [0.5, 0.6) is 0 Å². The van der Waals surface area contributed by atoms with E-state index < -0.39 is 25.8 Å². The number of hydrogen-bond acceptors (Lipinski definition) is 2. The molecule has 8 heteroatoms. The van der Waals surface area contributed by atoms with Gasteiger partial charge >= 0.3 is 15.2 Å². The van der Waals surface area contributed by atoms with Crippen LogP contribution in [0.3, 0.4) is 0 Å². The summed E-state index contributed by atoms with van der Waals surface area (Å²) in [6.07, 6.45) is 0. The van der Waals surface area contributed by atoms with Crippen molar-refractivity contribution in [2.45, 2.75) is 0 Å². The van der Waals surface area contributed by atoms with Gasteiger partial charge in [0.2, 0.25) is 0 Å². The summed E-state index contributed by atoms with van der Waals surface area (Å²) in [5.41, 5.74) is 1.73. The molecule has 0 heterocycles. The molecular weight excluding hydrogens is 374 g/mol. The van der Waals surface area contributed by atoms with Gasteiger partial charge in [-0.2, -0.15) is 0 Å². The summed E-state index contributed by atoms with van der Waals surface area (Å²) in [4.78, 5) is 39.1. The topological polar surface area (TPSA) is 115 Å². The number of benzene rings is 3. The zero-order valence-corrected chi connectivity index (χ0v) is 15.2. The molecule has 0 unspecified atom stereocenters. The minimum Gasteiger partial charge on any atom is -0.321 e. The Morgan fingerprint density at radius 2 is 1.08 bits per heavy atom. The summed E-state index contributed by atoms with van der Waals surface area (Å²) >= 11 is 0. The molecular formula is C18H16O6P2. The van der Waals surface area contributed by atoms with E-state index in [2.05, 4.69) is 0 Å². The Hall–Kier alpha value is -2.04. The minimum atomic E-state index is -4.99.